The first kappa shape index (κ1) is 19.5. The molecule has 146 valence electrons. The van der Waals surface area contributed by atoms with Gasteiger partial charge in [0.15, 0.2) is 0 Å². The molecule has 2 heterocycles. The van der Waals surface area contributed by atoms with Crippen molar-refractivity contribution in [2.45, 2.75) is 26.7 Å². The maximum absolute atomic E-state index is 13.0. The van der Waals surface area contributed by atoms with Gasteiger partial charge < -0.3 is 16.4 Å². The summed E-state index contributed by atoms with van der Waals surface area (Å²) in [6.45, 7) is 4.63. The number of aryl methyl sites for hydroxylation is 2. The minimum Gasteiger partial charge on any atom is -0.369 e. The van der Waals surface area contributed by atoms with Gasteiger partial charge in [-0.15, -0.1) is 0 Å². The van der Waals surface area contributed by atoms with Gasteiger partial charge in [-0.25, -0.2) is 0 Å². The minimum atomic E-state index is -0.567. The molecule has 0 unspecified atom stereocenters. The number of benzene rings is 1. The van der Waals surface area contributed by atoms with Gasteiger partial charge >= 0.3 is 0 Å². The van der Waals surface area contributed by atoms with E-state index in [1.807, 2.05) is 13.8 Å². The van der Waals surface area contributed by atoms with Crippen molar-refractivity contribution in [3.63, 3.8) is 0 Å². The number of rotatable bonds is 4. The summed E-state index contributed by atoms with van der Waals surface area (Å²) in [6.07, 6.45) is 1.44. The maximum Gasteiger partial charge on any atom is 0.253 e. The van der Waals surface area contributed by atoms with E-state index in [4.69, 9.17) is 11.5 Å². The number of carbonyl (C=O) groups is 3. The fourth-order valence-electron chi connectivity index (χ4n) is 3.49. The van der Waals surface area contributed by atoms with Crippen molar-refractivity contribution in [2.75, 3.05) is 13.1 Å². The highest BCUT2D eigenvalue weighted by Gasteiger charge is 2.27. The highest BCUT2D eigenvalue weighted by Crippen LogP contribution is 2.26. The lowest BCUT2D eigenvalue weighted by molar-refractivity contribution is -0.123. The summed E-state index contributed by atoms with van der Waals surface area (Å²) in [6, 6.07) is 8.68. The van der Waals surface area contributed by atoms with Crippen molar-refractivity contribution in [2.24, 2.45) is 17.4 Å². The van der Waals surface area contributed by atoms with Gasteiger partial charge in [-0.1, -0.05) is 12.1 Å². The van der Waals surface area contributed by atoms with E-state index in [1.165, 1.54) is 0 Å². The molecular weight excluding hydrogens is 356 g/mol. The van der Waals surface area contributed by atoms with Gasteiger partial charge in [0.25, 0.3) is 11.8 Å². The molecule has 3 rings (SSSR count). The first-order valence-corrected chi connectivity index (χ1v) is 9.25. The van der Waals surface area contributed by atoms with E-state index in [-0.39, 0.29) is 17.7 Å². The molecule has 1 aliphatic heterocycles. The van der Waals surface area contributed by atoms with Crippen molar-refractivity contribution >= 4 is 17.7 Å². The van der Waals surface area contributed by atoms with Gasteiger partial charge in [0.2, 0.25) is 5.91 Å². The fraction of sp³-hybridized carbons (Fsp3) is 0.333. The largest absolute Gasteiger partial charge is 0.369 e. The summed E-state index contributed by atoms with van der Waals surface area (Å²) in [5.74, 6) is -1.43. The Labute approximate surface area is 163 Å². The smallest absolute Gasteiger partial charge is 0.253 e. The molecule has 1 saturated heterocycles. The van der Waals surface area contributed by atoms with E-state index < -0.39 is 5.91 Å². The van der Waals surface area contributed by atoms with Crippen LogP contribution < -0.4 is 11.5 Å². The Bertz CT molecular complexity index is 955. The number of carbonyl (C=O) groups excluding carboxylic acids is 3. The molecule has 7 nitrogen and oxygen atoms in total. The molecule has 1 atom stereocenters. The summed E-state index contributed by atoms with van der Waals surface area (Å²) < 4.78 is 0. The van der Waals surface area contributed by atoms with Gasteiger partial charge in [-0.2, -0.15) is 0 Å². The first-order valence-electron chi connectivity index (χ1n) is 9.25. The summed E-state index contributed by atoms with van der Waals surface area (Å²) in [5.41, 5.74) is 14.5. The van der Waals surface area contributed by atoms with Crippen LogP contribution in [0, 0.1) is 19.8 Å². The van der Waals surface area contributed by atoms with Crippen molar-refractivity contribution in [3.05, 3.63) is 52.7 Å². The van der Waals surface area contributed by atoms with Crippen molar-refractivity contribution in [3.8, 4) is 11.3 Å². The third kappa shape index (κ3) is 3.88. The van der Waals surface area contributed by atoms with Crippen LogP contribution in [0.25, 0.3) is 11.3 Å². The Balaban J connectivity index is 1.95. The lowest BCUT2D eigenvalue weighted by Crippen LogP contribution is -2.44. The van der Waals surface area contributed by atoms with Crippen LogP contribution >= 0.6 is 0 Å². The van der Waals surface area contributed by atoms with Gasteiger partial charge in [0.05, 0.1) is 17.2 Å². The normalized spacial score (nSPS) is 16.6. The molecule has 0 radical (unpaired) electrons. The van der Waals surface area contributed by atoms with Gasteiger partial charge in [0, 0.05) is 29.9 Å². The molecule has 4 N–H and O–H groups in total. The number of primary amides is 2. The number of amides is 3. The number of pyridine rings is 1. The minimum absolute atomic E-state index is 0.169. The molecule has 0 bridgehead atoms. The monoisotopic (exact) mass is 380 g/mol. The molecule has 0 spiro atoms. The SMILES string of the molecule is Cc1cc(C(N)=O)c(-c2cccc(C(=O)N3CCC[C@H](C(N)=O)C3)c2)nc1C. The lowest BCUT2D eigenvalue weighted by Gasteiger charge is -2.31. The molecule has 1 aromatic carbocycles. The predicted molar refractivity (Wildman–Crippen MR) is 105 cm³/mol. The highest BCUT2D eigenvalue weighted by atomic mass is 16.2. The van der Waals surface area contributed by atoms with Gasteiger partial charge in [0.1, 0.15) is 0 Å². The summed E-state index contributed by atoms with van der Waals surface area (Å²) in [7, 11) is 0. The highest BCUT2D eigenvalue weighted by molar-refractivity contribution is 6.00. The Kier molecular flexibility index (Phi) is 5.44. The molecule has 28 heavy (non-hydrogen) atoms. The molecule has 2 aromatic rings. The summed E-state index contributed by atoms with van der Waals surface area (Å²) in [5, 5.41) is 0. The second-order valence-electron chi connectivity index (χ2n) is 7.22. The van der Waals surface area contributed by atoms with Crippen molar-refractivity contribution in [1.82, 2.24) is 9.88 Å². The number of piperidine rings is 1. The van der Waals surface area contributed by atoms with Crippen LogP contribution in [0.3, 0.4) is 0 Å². The van der Waals surface area contributed by atoms with E-state index in [2.05, 4.69) is 4.98 Å². The Hall–Kier alpha value is -3.22. The zero-order chi connectivity index (χ0) is 20.4. The van der Waals surface area contributed by atoms with E-state index in [0.29, 0.717) is 41.9 Å². The number of hydrogen-bond acceptors (Lipinski definition) is 4. The van der Waals surface area contributed by atoms with Gasteiger partial charge in [-0.3, -0.25) is 19.4 Å². The van der Waals surface area contributed by atoms with Crippen LogP contribution in [0.15, 0.2) is 30.3 Å². The molecule has 1 fully saturated rings. The van der Waals surface area contributed by atoms with Crippen LogP contribution in [0.5, 0.6) is 0 Å². The molecule has 0 aliphatic carbocycles. The number of likely N-dealkylation sites (tertiary alicyclic amines) is 1. The molecule has 7 heteroatoms. The second kappa shape index (κ2) is 7.80. The Morgan fingerprint density at radius 3 is 2.57 bits per heavy atom. The topological polar surface area (TPSA) is 119 Å². The van der Waals surface area contributed by atoms with Crippen LogP contribution in [0.2, 0.25) is 0 Å². The van der Waals surface area contributed by atoms with Crippen molar-refractivity contribution < 1.29 is 14.4 Å². The summed E-state index contributed by atoms with van der Waals surface area (Å²) >= 11 is 0. The standard InChI is InChI=1S/C21H24N4O3/c1-12-9-17(20(23)27)18(24-13(12)2)14-5-3-6-15(10-14)21(28)25-8-4-7-16(11-25)19(22)26/h3,5-6,9-10,16H,4,7-8,11H2,1-2H3,(H2,22,26)(H2,23,27)/t16-/m0/s1. The number of nitrogens with zero attached hydrogens (tertiary/aromatic N) is 2. The Morgan fingerprint density at radius 2 is 1.89 bits per heavy atom. The molecule has 0 saturated carbocycles. The Morgan fingerprint density at radius 1 is 1.14 bits per heavy atom. The molecular formula is C21H24N4O3. The summed E-state index contributed by atoms with van der Waals surface area (Å²) in [4.78, 5) is 42.5. The number of hydrogen-bond donors (Lipinski definition) is 2. The lowest BCUT2D eigenvalue weighted by atomic mass is 9.96. The van der Waals surface area contributed by atoms with Gasteiger partial charge in [-0.05, 0) is 50.5 Å². The van der Waals surface area contributed by atoms with E-state index in [0.717, 1.165) is 17.7 Å². The first-order chi connectivity index (χ1) is 13.3. The van der Waals surface area contributed by atoms with E-state index in [9.17, 15) is 14.4 Å². The van der Waals surface area contributed by atoms with Crippen LogP contribution in [-0.2, 0) is 4.79 Å². The zero-order valence-corrected chi connectivity index (χ0v) is 16.1. The fourth-order valence-corrected chi connectivity index (χ4v) is 3.49. The molecule has 1 aliphatic rings. The van der Waals surface area contributed by atoms with E-state index in [1.54, 1.807) is 35.2 Å². The third-order valence-electron chi connectivity index (χ3n) is 5.23. The zero-order valence-electron chi connectivity index (χ0n) is 16.1. The average molecular weight is 380 g/mol. The third-order valence-corrected chi connectivity index (χ3v) is 5.23. The van der Waals surface area contributed by atoms with Crippen LogP contribution in [-0.4, -0.2) is 40.7 Å². The van der Waals surface area contributed by atoms with Crippen LogP contribution in [0.1, 0.15) is 44.8 Å². The quantitative estimate of drug-likeness (QED) is 0.840. The number of nitrogens with two attached hydrogens (primary N) is 2. The maximum atomic E-state index is 13.0. The van der Waals surface area contributed by atoms with Crippen molar-refractivity contribution in [1.29, 1.82) is 0 Å². The van der Waals surface area contributed by atoms with Crippen LogP contribution in [0.4, 0.5) is 0 Å². The molecule has 1 aromatic heterocycles. The second-order valence-corrected chi connectivity index (χ2v) is 7.22. The predicted octanol–water partition coefficient (Wildman–Crippen LogP) is 1.80. The molecule has 3 amide bonds. The van der Waals surface area contributed by atoms with E-state index >= 15 is 0 Å². The average Bonchev–Trinajstić information content (AvgIpc) is 2.69. The number of aromatic nitrogens is 1.